The number of nitrogens with one attached hydrogen (secondary N) is 4. The summed E-state index contributed by atoms with van der Waals surface area (Å²) >= 11 is 0. The Morgan fingerprint density at radius 3 is 1.62 bits per heavy atom. The Labute approximate surface area is 189 Å². The first-order valence-electron chi connectivity index (χ1n) is 11.0. The van der Waals surface area contributed by atoms with Crippen molar-refractivity contribution in [1.82, 2.24) is 36.3 Å². The van der Waals surface area contributed by atoms with E-state index in [0.717, 1.165) is 5.69 Å². The van der Waals surface area contributed by atoms with Crippen LogP contribution in [0.3, 0.4) is 0 Å². The van der Waals surface area contributed by atoms with E-state index in [0.29, 0.717) is 58.2 Å². The predicted molar refractivity (Wildman–Crippen MR) is 119 cm³/mol. The van der Waals surface area contributed by atoms with E-state index in [1.165, 1.54) is 25.5 Å². The Morgan fingerprint density at radius 1 is 0.844 bits per heavy atom. The normalized spacial score (nSPS) is 11.0. The number of rotatable bonds is 15. The first kappa shape index (κ1) is 27.1. The van der Waals surface area contributed by atoms with E-state index in [2.05, 4.69) is 31.6 Å². The lowest BCUT2D eigenvalue weighted by Crippen LogP contribution is -2.50. The molecule has 0 fully saturated rings. The van der Waals surface area contributed by atoms with E-state index >= 15 is 0 Å². The lowest BCUT2D eigenvalue weighted by atomic mass is 9.83. The number of carbonyl (C=O) groups is 4. The third-order valence-electron chi connectivity index (χ3n) is 4.98. The van der Waals surface area contributed by atoms with E-state index in [1.54, 1.807) is 13.1 Å². The van der Waals surface area contributed by atoms with Crippen LogP contribution in [0.2, 0.25) is 0 Å². The molecule has 1 aromatic rings. The van der Waals surface area contributed by atoms with Crippen molar-refractivity contribution in [3.05, 3.63) is 11.9 Å². The molecular weight excluding hydrogens is 414 g/mol. The molecular formula is C21H37N7O4. The van der Waals surface area contributed by atoms with Crippen LogP contribution in [0, 0.1) is 6.92 Å². The molecule has 0 bridgehead atoms. The SMILES string of the molecule is CC(=O)NCCCC(CCCNC(C)=O)(CCCNC(C)=O)NC(=O)Cn1cc(C)nn1. The number of hydrogen-bond acceptors (Lipinski definition) is 6. The fourth-order valence-electron chi connectivity index (χ4n) is 3.59. The molecule has 4 N–H and O–H groups in total. The minimum absolute atomic E-state index is 0.0473. The van der Waals surface area contributed by atoms with Crippen LogP contribution in [-0.2, 0) is 25.7 Å². The number of carbonyl (C=O) groups excluding carboxylic acids is 4. The monoisotopic (exact) mass is 451 g/mol. The van der Waals surface area contributed by atoms with Gasteiger partial charge in [-0.2, -0.15) is 0 Å². The number of nitrogens with zero attached hydrogens (tertiary/aromatic N) is 3. The third kappa shape index (κ3) is 12.0. The highest BCUT2D eigenvalue weighted by Gasteiger charge is 2.31. The van der Waals surface area contributed by atoms with Gasteiger partial charge in [-0.05, 0) is 45.4 Å². The highest BCUT2D eigenvalue weighted by Crippen LogP contribution is 2.25. The lowest BCUT2D eigenvalue weighted by molar-refractivity contribution is -0.124. The standard InChI is InChI=1S/C21H37N7O4/c1-16-14-28(27-26-16)15-20(32)25-21(8-5-11-22-17(2)29,9-6-12-23-18(3)30)10-7-13-24-19(4)31/h14H,5-13,15H2,1-4H3,(H,22,29)(H,23,30)(H,24,31)(H,25,32). The van der Waals surface area contributed by atoms with Gasteiger partial charge in [0.25, 0.3) is 0 Å². The van der Waals surface area contributed by atoms with E-state index in [9.17, 15) is 19.2 Å². The molecule has 0 atom stereocenters. The van der Waals surface area contributed by atoms with Crippen LogP contribution in [0.25, 0.3) is 0 Å². The van der Waals surface area contributed by atoms with Crippen LogP contribution in [0.1, 0.15) is 65.0 Å². The molecule has 0 aromatic carbocycles. The Kier molecular flexibility index (Phi) is 12.0. The second-order valence-corrected chi connectivity index (χ2v) is 8.15. The summed E-state index contributed by atoms with van der Waals surface area (Å²) in [6, 6.07) is 0. The van der Waals surface area contributed by atoms with E-state index < -0.39 is 5.54 Å². The molecule has 1 rings (SSSR count). The maximum Gasteiger partial charge on any atom is 0.242 e. The minimum atomic E-state index is -0.540. The van der Waals surface area contributed by atoms with Gasteiger partial charge in [0.2, 0.25) is 23.6 Å². The molecule has 0 saturated heterocycles. The first-order chi connectivity index (χ1) is 15.1. The van der Waals surface area contributed by atoms with Crippen molar-refractivity contribution in [2.24, 2.45) is 0 Å². The van der Waals surface area contributed by atoms with Crippen molar-refractivity contribution in [3.63, 3.8) is 0 Å². The molecule has 32 heavy (non-hydrogen) atoms. The molecule has 180 valence electrons. The van der Waals surface area contributed by atoms with Crippen LogP contribution < -0.4 is 21.3 Å². The van der Waals surface area contributed by atoms with Crippen LogP contribution in [-0.4, -0.2) is 63.8 Å². The molecule has 1 aromatic heterocycles. The summed E-state index contributed by atoms with van der Waals surface area (Å²) in [5.41, 5.74) is 0.187. The highest BCUT2D eigenvalue weighted by molar-refractivity contribution is 5.76. The van der Waals surface area contributed by atoms with Crippen molar-refractivity contribution < 1.29 is 19.2 Å². The number of hydrogen-bond donors (Lipinski definition) is 4. The maximum atomic E-state index is 12.9. The number of aromatic nitrogens is 3. The van der Waals surface area contributed by atoms with Crippen molar-refractivity contribution in [2.45, 2.75) is 78.3 Å². The van der Waals surface area contributed by atoms with Crippen LogP contribution in [0.4, 0.5) is 0 Å². The van der Waals surface area contributed by atoms with Gasteiger partial charge < -0.3 is 21.3 Å². The largest absolute Gasteiger partial charge is 0.356 e. The average molecular weight is 452 g/mol. The molecule has 0 spiro atoms. The molecule has 4 amide bonds. The van der Waals surface area contributed by atoms with Crippen LogP contribution in [0.15, 0.2) is 6.20 Å². The summed E-state index contributed by atoms with van der Waals surface area (Å²) in [6.45, 7) is 7.78. The summed E-state index contributed by atoms with van der Waals surface area (Å²) in [7, 11) is 0. The van der Waals surface area contributed by atoms with Crippen LogP contribution in [0.5, 0.6) is 0 Å². The quantitative estimate of drug-likeness (QED) is 0.280. The fourth-order valence-corrected chi connectivity index (χ4v) is 3.59. The summed E-state index contributed by atoms with van der Waals surface area (Å²) in [5.74, 6) is -0.485. The van der Waals surface area contributed by atoms with Gasteiger partial charge >= 0.3 is 0 Å². The third-order valence-corrected chi connectivity index (χ3v) is 4.98. The Bertz CT molecular complexity index is 708. The molecule has 0 aliphatic rings. The minimum Gasteiger partial charge on any atom is -0.356 e. The van der Waals surface area contributed by atoms with Crippen molar-refractivity contribution in [2.75, 3.05) is 19.6 Å². The zero-order valence-electron chi connectivity index (χ0n) is 19.6. The Morgan fingerprint density at radius 2 is 1.28 bits per heavy atom. The van der Waals surface area contributed by atoms with E-state index in [1.807, 2.05) is 0 Å². The lowest BCUT2D eigenvalue weighted by Gasteiger charge is -2.36. The van der Waals surface area contributed by atoms with E-state index in [-0.39, 0.29) is 30.2 Å². The first-order valence-corrected chi connectivity index (χ1v) is 11.0. The summed E-state index contributed by atoms with van der Waals surface area (Å²) in [6.07, 6.45) is 5.69. The van der Waals surface area contributed by atoms with Crippen molar-refractivity contribution in [1.29, 1.82) is 0 Å². The van der Waals surface area contributed by atoms with Gasteiger partial charge in [0.1, 0.15) is 6.54 Å². The molecule has 11 heteroatoms. The number of amides is 4. The maximum absolute atomic E-state index is 12.9. The number of aryl methyl sites for hydroxylation is 1. The molecule has 0 aliphatic carbocycles. The molecule has 11 nitrogen and oxygen atoms in total. The molecule has 0 saturated carbocycles. The molecule has 1 heterocycles. The van der Waals surface area contributed by atoms with Crippen molar-refractivity contribution >= 4 is 23.6 Å². The van der Waals surface area contributed by atoms with Gasteiger partial charge in [-0.1, -0.05) is 5.21 Å². The second kappa shape index (κ2) is 14.2. The Hall–Kier alpha value is -2.98. The van der Waals surface area contributed by atoms with Gasteiger partial charge in [-0.15, -0.1) is 5.10 Å². The zero-order valence-corrected chi connectivity index (χ0v) is 19.6. The van der Waals surface area contributed by atoms with E-state index in [4.69, 9.17) is 0 Å². The average Bonchev–Trinajstić information content (AvgIpc) is 3.10. The highest BCUT2D eigenvalue weighted by atomic mass is 16.2. The summed E-state index contributed by atoms with van der Waals surface area (Å²) < 4.78 is 1.49. The fraction of sp³-hybridized carbons (Fsp3) is 0.714. The predicted octanol–water partition coefficient (Wildman–Crippen LogP) is 0.190. The molecule has 0 aliphatic heterocycles. The Balaban J connectivity index is 2.89. The van der Waals surface area contributed by atoms with Gasteiger partial charge in [0, 0.05) is 52.1 Å². The zero-order chi connectivity index (χ0) is 24.0. The van der Waals surface area contributed by atoms with Gasteiger partial charge in [0.05, 0.1) is 5.69 Å². The molecule has 0 unspecified atom stereocenters. The smallest absolute Gasteiger partial charge is 0.242 e. The second-order valence-electron chi connectivity index (χ2n) is 8.15. The van der Waals surface area contributed by atoms with Gasteiger partial charge in [-0.25, -0.2) is 4.68 Å². The van der Waals surface area contributed by atoms with Crippen molar-refractivity contribution in [3.8, 4) is 0 Å². The summed E-state index contributed by atoms with van der Waals surface area (Å²) in [5, 5.41) is 19.4. The van der Waals surface area contributed by atoms with Gasteiger partial charge in [-0.3, -0.25) is 19.2 Å². The molecule has 0 radical (unpaired) electrons. The van der Waals surface area contributed by atoms with Gasteiger partial charge in [0.15, 0.2) is 0 Å². The topological polar surface area (TPSA) is 147 Å². The summed E-state index contributed by atoms with van der Waals surface area (Å²) in [4.78, 5) is 46.5. The van der Waals surface area contributed by atoms with Crippen LogP contribution >= 0.6 is 0 Å².